The van der Waals surface area contributed by atoms with Gasteiger partial charge in [0.1, 0.15) is 5.82 Å². The number of anilines is 1. The van der Waals surface area contributed by atoms with Crippen LogP contribution in [-0.2, 0) is 4.79 Å². The molecule has 0 saturated heterocycles. The Bertz CT molecular complexity index is 464. The molecule has 15 heavy (non-hydrogen) atoms. The molecule has 1 amide bonds. The molecule has 0 atom stereocenters. The number of H-pyrrole nitrogens is 1. The Morgan fingerprint density at radius 1 is 1.33 bits per heavy atom. The first kappa shape index (κ1) is 9.39. The van der Waals surface area contributed by atoms with Gasteiger partial charge in [-0.15, -0.1) is 0 Å². The van der Waals surface area contributed by atoms with Gasteiger partial charge in [0.05, 0.1) is 17.6 Å². The monoisotopic (exact) mass is 205 g/mol. The number of nitrogens with one attached hydrogen (secondary N) is 2. The van der Waals surface area contributed by atoms with Gasteiger partial charge in [-0.25, -0.2) is 4.39 Å². The Balaban J connectivity index is 2.40. The Kier molecular flexibility index (Phi) is 2.45. The fraction of sp³-hybridized carbons (Fsp3) is 0. The number of hydrogen-bond acceptors (Lipinski definition) is 2. The van der Waals surface area contributed by atoms with E-state index in [-0.39, 0.29) is 5.82 Å². The molecule has 76 valence electrons. The zero-order chi connectivity index (χ0) is 10.7. The number of nitrogens with zero attached hydrogens (tertiary/aromatic N) is 1. The van der Waals surface area contributed by atoms with E-state index in [1.54, 1.807) is 12.1 Å². The van der Waals surface area contributed by atoms with Gasteiger partial charge < -0.3 is 5.32 Å². The second-order valence-electron chi connectivity index (χ2n) is 2.93. The third-order valence-electron chi connectivity index (χ3n) is 1.99. The SMILES string of the molecule is O=CNc1cn[nH]c1-c1ccc(F)cc1. The van der Waals surface area contributed by atoms with E-state index < -0.39 is 0 Å². The van der Waals surface area contributed by atoms with Gasteiger partial charge in [0.2, 0.25) is 6.41 Å². The molecule has 0 radical (unpaired) electrons. The van der Waals surface area contributed by atoms with Crippen LogP contribution in [0.1, 0.15) is 0 Å². The summed E-state index contributed by atoms with van der Waals surface area (Å²) in [4.78, 5) is 10.3. The van der Waals surface area contributed by atoms with E-state index in [0.29, 0.717) is 17.8 Å². The van der Waals surface area contributed by atoms with Crippen LogP contribution >= 0.6 is 0 Å². The van der Waals surface area contributed by atoms with Gasteiger partial charge in [0.25, 0.3) is 0 Å². The minimum atomic E-state index is -0.303. The van der Waals surface area contributed by atoms with Crippen molar-refractivity contribution >= 4 is 12.1 Å². The number of amides is 1. The van der Waals surface area contributed by atoms with Crippen LogP contribution in [0, 0.1) is 5.82 Å². The van der Waals surface area contributed by atoms with Crippen molar-refractivity contribution in [1.29, 1.82) is 0 Å². The molecule has 1 aromatic carbocycles. The number of carbonyl (C=O) groups excluding carboxylic acids is 1. The highest BCUT2D eigenvalue weighted by Gasteiger charge is 2.06. The molecule has 0 unspecified atom stereocenters. The van der Waals surface area contributed by atoms with Crippen molar-refractivity contribution in [3.63, 3.8) is 0 Å². The highest BCUT2D eigenvalue weighted by atomic mass is 19.1. The van der Waals surface area contributed by atoms with E-state index in [4.69, 9.17) is 0 Å². The lowest BCUT2D eigenvalue weighted by atomic mass is 10.1. The zero-order valence-corrected chi connectivity index (χ0v) is 7.70. The van der Waals surface area contributed by atoms with Crippen LogP contribution in [0.15, 0.2) is 30.5 Å². The second-order valence-corrected chi connectivity index (χ2v) is 2.93. The minimum absolute atomic E-state index is 0.303. The Labute approximate surface area is 85.1 Å². The predicted octanol–water partition coefficient (Wildman–Crippen LogP) is 1.78. The lowest BCUT2D eigenvalue weighted by Gasteiger charge is -2.00. The number of halogens is 1. The average molecular weight is 205 g/mol. The zero-order valence-electron chi connectivity index (χ0n) is 7.70. The first-order valence-electron chi connectivity index (χ1n) is 4.31. The van der Waals surface area contributed by atoms with Crippen LogP contribution in [0.3, 0.4) is 0 Å². The van der Waals surface area contributed by atoms with Gasteiger partial charge in [-0.3, -0.25) is 9.89 Å². The summed E-state index contributed by atoms with van der Waals surface area (Å²) >= 11 is 0. The van der Waals surface area contributed by atoms with E-state index in [9.17, 15) is 9.18 Å². The fourth-order valence-corrected chi connectivity index (χ4v) is 1.30. The largest absolute Gasteiger partial charge is 0.326 e. The maximum atomic E-state index is 12.7. The maximum absolute atomic E-state index is 12.7. The van der Waals surface area contributed by atoms with E-state index in [2.05, 4.69) is 15.5 Å². The molecule has 5 heteroatoms. The first-order valence-corrected chi connectivity index (χ1v) is 4.31. The van der Waals surface area contributed by atoms with Gasteiger partial charge in [-0.1, -0.05) is 0 Å². The average Bonchev–Trinajstić information content (AvgIpc) is 2.68. The predicted molar refractivity (Wildman–Crippen MR) is 53.7 cm³/mol. The summed E-state index contributed by atoms with van der Waals surface area (Å²) in [5, 5.41) is 9.03. The van der Waals surface area contributed by atoms with E-state index >= 15 is 0 Å². The summed E-state index contributed by atoms with van der Waals surface area (Å²) in [5.74, 6) is -0.303. The number of aromatic nitrogens is 2. The van der Waals surface area contributed by atoms with E-state index in [1.165, 1.54) is 18.3 Å². The number of rotatable bonds is 3. The number of hydrogen-bond donors (Lipinski definition) is 2. The number of aromatic amines is 1. The van der Waals surface area contributed by atoms with Crippen molar-refractivity contribution in [3.05, 3.63) is 36.3 Å². The molecule has 0 aliphatic carbocycles. The van der Waals surface area contributed by atoms with Crippen LogP contribution in [0.25, 0.3) is 11.3 Å². The molecule has 0 aliphatic rings. The van der Waals surface area contributed by atoms with E-state index in [0.717, 1.165) is 5.56 Å². The van der Waals surface area contributed by atoms with Gasteiger partial charge >= 0.3 is 0 Å². The summed E-state index contributed by atoms with van der Waals surface area (Å²) in [7, 11) is 0. The van der Waals surface area contributed by atoms with Crippen molar-refractivity contribution in [1.82, 2.24) is 10.2 Å². The highest BCUT2D eigenvalue weighted by Crippen LogP contribution is 2.24. The first-order chi connectivity index (χ1) is 7.31. The van der Waals surface area contributed by atoms with Crippen LogP contribution < -0.4 is 5.32 Å². The van der Waals surface area contributed by atoms with Crippen LogP contribution in [0.5, 0.6) is 0 Å². The molecule has 1 aromatic heterocycles. The quantitative estimate of drug-likeness (QED) is 0.750. The molecule has 0 aliphatic heterocycles. The molecule has 4 nitrogen and oxygen atoms in total. The molecule has 2 N–H and O–H groups in total. The molecular formula is C10H8FN3O. The highest BCUT2D eigenvalue weighted by molar-refractivity contribution is 5.82. The molecule has 0 fully saturated rings. The fourth-order valence-electron chi connectivity index (χ4n) is 1.30. The minimum Gasteiger partial charge on any atom is -0.326 e. The van der Waals surface area contributed by atoms with Gasteiger partial charge in [0, 0.05) is 5.56 Å². The molecule has 2 aromatic rings. The lowest BCUT2D eigenvalue weighted by molar-refractivity contribution is -0.105. The maximum Gasteiger partial charge on any atom is 0.211 e. The Morgan fingerprint density at radius 2 is 2.07 bits per heavy atom. The van der Waals surface area contributed by atoms with Crippen molar-refractivity contribution in [2.75, 3.05) is 5.32 Å². The molecule has 0 bridgehead atoms. The molecule has 2 rings (SSSR count). The van der Waals surface area contributed by atoms with Crippen LogP contribution in [0.4, 0.5) is 10.1 Å². The van der Waals surface area contributed by atoms with Crippen molar-refractivity contribution in [2.45, 2.75) is 0 Å². The van der Waals surface area contributed by atoms with Gasteiger partial charge in [-0.2, -0.15) is 5.10 Å². The lowest BCUT2D eigenvalue weighted by Crippen LogP contribution is -1.94. The Hall–Kier alpha value is -2.17. The number of benzene rings is 1. The third kappa shape index (κ3) is 1.85. The smallest absolute Gasteiger partial charge is 0.211 e. The number of carbonyl (C=O) groups is 1. The summed E-state index contributed by atoms with van der Waals surface area (Å²) in [6, 6.07) is 5.92. The van der Waals surface area contributed by atoms with Crippen LogP contribution in [0.2, 0.25) is 0 Å². The normalized spacial score (nSPS) is 9.93. The van der Waals surface area contributed by atoms with Crippen molar-refractivity contribution < 1.29 is 9.18 Å². The second kappa shape index (κ2) is 3.91. The molecule has 0 spiro atoms. The van der Waals surface area contributed by atoms with E-state index in [1.807, 2.05) is 0 Å². The summed E-state index contributed by atoms with van der Waals surface area (Å²) < 4.78 is 12.7. The summed E-state index contributed by atoms with van der Waals surface area (Å²) in [5.41, 5.74) is 1.98. The molecule has 0 saturated carbocycles. The van der Waals surface area contributed by atoms with Gasteiger partial charge in [0.15, 0.2) is 0 Å². The Morgan fingerprint density at radius 3 is 2.73 bits per heavy atom. The standard InChI is InChI=1S/C10H8FN3O/c11-8-3-1-7(2-4-8)10-9(12-6-15)5-13-14-10/h1-6H,(H,12,15)(H,13,14). The third-order valence-corrected chi connectivity index (χ3v) is 1.99. The van der Waals surface area contributed by atoms with Crippen LogP contribution in [-0.4, -0.2) is 16.6 Å². The molecular weight excluding hydrogens is 197 g/mol. The summed E-state index contributed by atoms with van der Waals surface area (Å²) in [6.45, 7) is 0. The topological polar surface area (TPSA) is 57.8 Å². The molecule has 1 heterocycles. The van der Waals surface area contributed by atoms with Crippen molar-refractivity contribution in [2.24, 2.45) is 0 Å². The summed E-state index contributed by atoms with van der Waals surface area (Å²) in [6.07, 6.45) is 2.06. The van der Waals surface area contributed by atoms with Gasteiger partial charge in [-0.05, 0) is 24.3 Å². The van der Waals surface area contributed by atoms with Crippen molar-refractivity contribution in [3.8, 4) is 11.3 Å².